The molecule has 0 radical (unpaired) electrons. The highest BCUT2D eigenvalue weighted by Crippen LogP contribution is 2.28. The van der Waals surface area contributed by atoms with Gasteiger partial charge in [-0.2, -0.15) is 0 Å². The lowest BCUT2D eigenvalue weighted by Gasteiger charge is -2.33. The number of carbonyl (C=O) groups excluding carboxylic acids is 2. The van der Waals surface area contributed by atoms with Gasteiger partial charge in [-0.05, 0) is 91.6 Å². The number of ether oxygens (including phenoxy) is 1. The van der Waals surface area contributed by atoms with Crippen LogP contribution in [-0.2, 0) is 24.4 Å². The van der Waals surface area contributed by atoms with E-state index >= 15 is 0 Å². The largest absolute Gasteiger partial charge is 0.490 e. The number of amides is 2. The molecule has 2 aliphatic rings. The van der Waals surface area contributed by atoms with E-state index in [4.69, 9.17) is 15.5 Å². The summed E-state index contributed by atoms with van der Waals surface area (Å²) >= 11 is 0. The first-order valence-electron chi connectivity index (χ1n) is 19.5. The van der Waals surface area contributed by atoms with Gasteiger partial charge in [-0.25, -0.2) is 14.8 Å². The monoisotopic (exact) mass is 755 g/mol. The van der Waals surface area contributed by atoms with Crippen molar-refractivity contribution in [2.24, 2.45) is 10.7 Å². The summed E-state index contributed by atoms with van der Waals surface area (Å²) < 4.78 is 8.29. The molecule has 0 atom stereocenters. The summed E-state index contributed by atoms with van der Waals surface area (Å²) in [5, 5.41) is 12.7. The summed E-state index contributed by atoms with van der Waals surface area (Å²) in [4.78, 5) is 52.6. The maximum atomic E-state index is 14.3. The number of rotatable bonds is 12. The number of anilines is 1. The highest BCUT2D eigenvalue weighted by molar-refractivity contribution is 6.06. The Morgan fingerprint density at radius 1 is 0.893 bits per heavy atom. The van der Waals surface area contributed by atoms with Gasteiger partial charge < -0.3 is 35.3 Å². The molecule has 56 heavy (non-hydrogen) atoms. The average Bonchev–Trinajstić information content (AvgIpc) is 3.55. The summed E-state index contributed by atoms with van der Waals surface area (Å²) in [7, 11) is 0. The molecular formula is C44H49N7O5. The SMILES string of the molecule is Cc1ccc2c(c1)nc(CN(C(=O)c1ccc(C(=O)O)cc1)c1ccc(OC3CCN(C(N)=NCc4ccccc4)CC3)cc1)n2CC(=O)NC1CCCCC1. The minimum atomic E-state index is -1.07. The van der Waals surface area contributed by atoms with Gasteiger partial charge in [0.1, 0.15) is 24.2 Å². The average molecular weight is 756 g/mol. The van der Waals surface area contributed by atoms with E-state index in [0.29, 0.717) is 35.3 Å². The van der Waals surface area contributed by atoms with E-state index in [1.165, 1.54) is 30.7 Å². The number of nitrogens with zero attached hydrogens (tertiary/aromatic N) is 5. The Hall–Kier alpha value is -6.17. The molecule has 1 saturated heterocycles. The van der Waals surface area contributed by atoms with E-state index in [9.17, 15) is 19.5 Å². The van der Waals surface area contributed by atoms with E-state index < -0.39 is 5.97 Å². The van der Waals surface area contributed by atoms with Gasteiger partial charge in [0.05, 0.1) is 29.7 Å². The predicted molar refractivity (Wildman–Crippen MR) is 217 cm³/mol. The van der Waals surface area contributed by atoms with E-state index in [1.54, 1.807) is 4.90 Å². The van der Waals surface area contributed by atoms with Crippen LogP contribution in [0.15, 0.2) is 102 Å². The first-order valence-corrected chi connectivity index (χ1v) is 19.5. The molecule has 7 rings (SSSR count). The van der Waals surface area contributed by atoms with Gasteiger partial charge >= 0.3 is 5.97 Å². The highest BCUT2D eigenvalue weighted by atomic mass is 16.5. The zero-order valence-electron chi connectivity index (χ0n) is 31.8. The third-order valence-corrected chi connectivity index (χ3v) is 10.7. The van der Waals surface area contributed by atoms with Crippen molar-refractivity contribution in [3.63, 3.8) is 0 Å². The van der Waals surface area contributed by atoms with Crippen molar-refractivity contribution in [2.75, 3.05) is 18.0 Å². The van der Waals surface area contributed by atoms with Crippen LogP contribution in [0.2, 0.25) is 0 Å². The number of likely N-dealkylation sites (tertiary alicyclic amines) is 1. The lowest BCUT2D eigenvalue weighted by atomic mass is 9.95. The Labute approximate surface area is 327 Å². The molecule has 290 valence electrons. The third-order valence-electron chi connectivity index (χ3n) is 10.7. The maximum absolute atomic E-state index is 14.3. The van der Waals surface area contributed by atoms with Gasteiger partial charge in [-0.3, -0.25) is 9.59 Å². The fraction of sp³-hybridized carbons (Fsp3) is 0.341. The van der Waals surface area contributed by atoms with Gasteiger partial charge in [-0.15, -0.1) is 0 Å². The second-order valence-corrected chi connectivity index (χ2v) is 14.7. The molecule has 0 unspecified atom stereocenters. The zero-order chi connectivity index (χ0) is 39.0. The lowest BCUT2D eigenvalue weighted by molar-refractivity contribution is -0.122. The van der Waals surface area contributed by atoms with E-state index in [-0.39, 0.29) is 42.6 Å². The van der Waals surface area contributed by atoms with E-state index in [2.05, 4.69) is 15.2 Å². The Balaban J connectivity index is 1.09. The summed E-state index contributed by atoms with van der Waals surface area (Å²) in [5.41, 5.74) is 11.0. The number of fused-ring (bicyclic) bond motifs is 1. The number of benzene rings is 4. The maximum Gasteiger partial charge on any atom is 0.335 e. The molecule has 2 amide bonds. The van der Waals surface area contributed by atoms with Crippen LogP contribution in [0.25, 0.3) is 11.0 Å². The molecule has 0 bridgehead atoms. The Morgan fingerprint density at radius 2 is 1.59 bits per heavy atom. The van der Waals surface area contributed by atoms with Crippen molar-refractivity contribution in [1.82, 2.24) is 19.8 Å². The first kappa shape index (κ1) is 38.1. The van der Waals surface area contributed by atoms with Crippen LogP contribution in [0.5, 0.6) is 5.75 Å². The number of aromatic nitrogens is 2. The number of carboxylic acid groups (broad SMARTS) is 1. The number of piperidine rings is 1. The number of aromatic carboxylic acids is 1. The zero-order valence-corrected chi connectivity index (χ0v) is 31.8. The summed E-state index contributed by atoms with van der Waals surface area (Å²) in [6.45, 7) is 4.13. The normalized spacial score (nSPS) is 15.4. The van der Waals surface area contributed by atoms with Crippen molar-refractivity contribution in [3.05, 3.63) is 125 Å². The summed E-state index contributed by atoms with van der Waals surface area (Å²) in [5.74, 6) is 0.271. The minimum Gasteiger partial charge on any atom is -0.490 e. The number of carbonyl (C=O) groups is 3. The molecule has 12 nitrogen and oxygen atoms in total. The number of nitrogens with two attached hydrogens (primary N) is 1. The van der Waals surface area contributed by atoms with Crippen LogP contribution >= 0.6 is 0 Å². The van der Waals surface area contributed by atoms with Gasteiger partial charge in [0.15, 0.2) is 5.96 Å². The van der Waals surface area contributed by atoms with Crippen molar-refractivity contribution in [1.29, 1.82) is 0 Å². The summed E-state index contributed by atoms with van der Waals surface area (Å²) in [6, 6.07) is 29.4. The number of imidazole rings is 1. The molecule has 1 saturated carbocycles. The van der Waals surface area contributed by atoms with Crippen molar-refractivity contribution in [2.45, 2.75) is 83.6 Å². The van der Waals surface area contributed by atoms with Crippen molar-refractivity contribution >= 4 is 40.5 Å². The molecular weight excluding hydrogens is 707 g/mol. The number of aliphatic imine (C=N–C) groups is 1. The van der Waals surface area contributed by atoms with Crippen LogP contribution in [-0.4, -0.2) is 68.5 Å². The predicted octanol–water partition coefficient (Wildman–Crippen LogP) is 6.70. The van der Waals surface area contributed by atoms with Gasteiger partial charge in [0.25, 0.3) is 5.91 Å². The fourth-order valence-electron chi connectivity index (χ4n) is 7.54. The van der Waals surface area contributed by atoms with Crippen molar-refractivity contribution < 1.29 is 24.2 Å². The van der Waals surface area contributed by atoms with Crippen molar-refractivity contribution in [3.8, 4) is 5.75 Å². The van der Waals surface area contributed by atoms with Crippen LogP contribution in [0.1, 0.15) is 82.6 Å². The molecule has 4 N–H and O–H groups in total. The third kappa shape index (κ3) is 9.37. The van der Waals surface area contributed by atoms with Crippen LogP contribution in [0, 0.1) is 6.92 Å². The minimum absolute atomic E-state index is 0.00683. The molecule has 2 fully saturated rings. The number of hydrogen-bond acceptors (Lipinski definition) is 6. The molecule has 2 heterocycles. The first-order chi connectivity index (χ1) is 27.2. The number of carboxylic acids is 1. The van der Waals surface area contributed by atoms with Crippen LogP contribution < -0.4 is 20.7 Å². The fourth-order valence-corrected chi connectivity index (χ4v) is 7.54. The van der Waals surface area contributed by atoms with Gasteiger partial charge in [0.2, 0.25) is 5.91 Å². The summed E-state index contributed by atoms with van der Waals surface area (Å²) in [6.07, 6.45) is 6.92. The second-order valence-electron chi connectivity index (χ2n) is 14.7. The molecule has 1 aliphatic heterocycles. The number of guanidine groups is 1. The van der Waals surface area contributed by atoms with Gasteiger partial charge in [-0.1, -0.05) is 55.7 Å². The molecule has 0 spiro atoms. The Kier molecular flexibility index (Phi) is 11.9. The van der Waals surface area contributed by atoms with E-state index in [0.717, 1.165) is 73.8 Å². The molecule has 12 heteroatoms. The molecule has 4 aromatic carbocycles. The van der Waals surface area contributed by atoms with Gasteiger partial charge in [0, 0.05) is 43.2 Å². The number of nitrogens with one attached hydrogen (secondary N) is 1. The number of aryl methyl sites for hydroxylation is 1. The quantitative estimate of drug-likeness (QED) is 0.0940. The Bertz CT molecular complexity index is 2170. The second kappa shape index (κ2) is 17.5. The molecule has 1 aromatic heterocycles. The number of hydrogen-bond donors (Lipinski definition) is 3. The highest BCUT2D eigenvalue weighted by Gasteiger charge is 2.26. The van der Waals surface area contributed by atoms with Crippen LogP contribution in [0.4, 0.5) is 5.69 Å². The lowest BCUT2D eigenvalue weighted by Crippen LogP contribution is -2.45. The Morgan fingerprint density at radius 3 is 2.29 bits per heavy atom. The van der Waals surface area contributed by atoms with E-state index in [1.807, 2.05) is 84.3 Å². The topological polar surface area (TPSA) is 155 Å². The molecule has 1 aliphatic carbocycles. The molecule has 5 aromatic rings. The smallest absolute Gasteiger partial charge is 0.335 e. The van der Waals surface area contributed by atoms with Crippen LogP contribution in [0.3, 0.4) is 0 Å². The standard InChI is InChI=1S/C44H49N7O5/c1-30-12-21-39-38(26-30)48-40(51(39)29-41(52)47-34-10-6-3-7-11-34)28-50(42(53)32-13-15-33(16-14-32)43(54)55)35-17-19-36(20-18-35)56-37-22-24-49(25-23-37)44(45)46-27-31-8-4-2-5-9-31/h2,4-5,8-9,12-21,26,34,37H,3,6-7,10-11,22-25,27-29H2,1H3,(H2,45,46)(H,47,52)(H,54,55).